The molecular weight excluding hydrogens is 340 g/mol. The molecule has 104 valence electrons. The largest absolute Gasteiger partial charge is 0.481 e. The highest BCUT2D eigenvalue weighted by atomic mass is 79.9. The first-order valence-electron chi connectivity index (χ1n) is 6.34. The maximum Gasteiger partial charge on any atom is 0.312 e. The molecule has 2 aromatic rings. The molecule has 0 saturated heterocycles. The first kappa shape index (κ1) is 13.6. The van der Waals surface area contributed by atoms with Gasteiger partial charge in [-0.3, -0.25) is 4.79 Å². The van der Waals surface area contributed by atoms with Crippen LogP contribution in [0.25, 0.3) is 0 Å². The fraction of sp³-hybridized carbons (Fsp3) is 0.286. The van der Waals surface area contributed by atoms with Crippen molar-refractivity contribution in [3.63, 3.8) is 0 Å². The number of carboxylic acids is 1. The van der Waals surface area contributed by atoms with Crippen molar-refractivity contribution < 1.29 is 9.90 Å². The van der Waals surface area contributed by atoms with Crippen LogP contribution in [0.5, 0.6) is 0 Å². The molecule has 0 saturated carbocycles. The monoisotopic (exact) mass is 352 g/mol. The van der Waals surface area contributed by atoms with Crippen LogP contribution in [-0.2, 0) is 17.8 Å². The van der Waals surface area contributed by atoms with Crippen LogP contribution < -0.4 is 5.32 Å². The minimum absolute atomic E-state index is 0.426. The summed E-state index contributed by atoms with van der Waals surface area (Å²) in [6.07, 6.45) is 1.50. The third-order valence-corrected chi connectivity index (χ3v) is 4.99. The highest BCUT2D eigenvalue weighted by Gasteiger charge is 2.32. The van der Waals surface area contributed by atoms with E-state index in [1.54, 1.807) is 11.3 Å². The van der Waals surface area contributed by atoms with Gasteiger partial charge in [0.15, 0.2) is 5.13 Å². The van der Waals surface area contributed by atoms with Crippen molar-refractivity contribution in [2.75, 3.05) is 5.32 Å². The summed E-state index contributed by atoms with van der Waals surface area (Å²) >= 11 is 4.98. The van der Waals surface area contributed by atoms with Crippen LogP contribution in [0.3, 0.4) is 0 Å². The molecule has 2 N–H and O–H groups in total. The summed E-state index contributed by atoms with van der Waals surface area (Å²) in [5.41, 5.74) is 1.92. The molecule has 1 aromatic heterocycles. The number of fused-ring (bicyclic) bond motifs is 1. The zero-order chi connectivity index (χ0) is 14.1. The van der Waals surface area contributed by atoms with E-state index >= 15 is 0 Å². The molecule has 1 aliphatic rings. The number of rotatable bonds is 4. The SMILES string of the molecule is O=C(O)C1CCc2sc(NCc3ccc(Br)cc3)nc21. The third-order valence-electron chi connectivity index (χ3n) is 3.37. The van der Waals surface area contributed by atoms with Crippen molar-refractivity contribution in [1.82, 2.24) is 4.98 Å². The quantitative estimate of drug-likeness (QED) is 0.881. The summed E-state index contributed by atoms with van der Waals surface area (Å²) in [7, 11) is 0. The Kier molecular flexibility index (Phi) is 3.76. The Morgan fingerprint density at radius 1 is 1.45 bits per heavy atom. The molecule has 0 spiro atoms. The van der Waals surface area contributed by atoms with Crippen molar-refractivity contribution in [3.8, 4) is 0 Å². The topological polar surface area (TPSA) is 62.2 Å². The number of anilines is 1. The Morgan fingerprint density at radius 3 is 2.90 bits per heavy atom. The van der Waals surface area contributed by atoms with Crippen LogP contribution in [0.4, 0.5) is 5.13 Å². The van der Waals surface area contributed by atoms with E-state index < -0.39 is 11.9 Å². The van der Waals surface area contributed by atoms with Crippen LogP contribution in [-0.4, -0.2) is 16.1 Å². The number of carbonyl (C=O) groups is 1. The molecule has 0 fully saturated rings. The van der Waals surface area contributed by atoms with Crippen LogP contribution >= 0.6 is 27.3 Å². The fourth-order valence-corrected chi connectivity index (χ4v) is 3.62. The fourth-order valence-electron chi connectivity index (χ4n) is 2.32. The Morgan fingerprint density at radius 2 is 2.20 bits per heavy atom. The predicted molar refractivity (Wildman–Crippen MR) is 82.3 cm³/mol. The Balaban J connectivity index is 1.69. The molecule has 1 atom stereocenters. The molecule has 3 rings (SSSR count). The van der Waals surface area contributed by atoms with Crippen molar-refractivity contribution in [1.29, 1.82) is 0 Å². The molecule has 4 nitrogen and oxygen atoms in total. The Labute approximate surface area is 129 Å². The van der Waals surface area contributed by atoms with Gasteiger partial charge in [0, 0.05) is 15.9 Å². The average Bonchev–Trinajstić information content (AvgIpc) is 2.97. The molecule has 1 unspecified atom stereocenters. The number of nitrogens with one attached hydrogen (secondary N) is 1. The number of hydrogen-bond donors (Lipinski definition) is 2. The lowest BCUT2D eigenvalue weighted by molar-refractivity contribution is -0.138. The van der Waals surface area contributed by atoms with Gasteiger partial charge < -0.3 is 10.4 Å². The molecule has 0 amide bonds. The van der Waals surface area contributed by atoms with Gasteiger partial charge in [-0.1, -0.05) is 28.1 Å². The number of carboxylic acid groups (broad SMARTS) is 1. The second-order valence-corrected chi connectivity index (χ2v) is 6.74. The summed E-state index contributed by atoms with van der Waals surface area (Å²) in [4.78, 5) is 16.7. The zero-order valence-corrected chi connectivity index (χ0v) is 13.0. The van der Waals surface area contributed by atoms with Gasteiger partial charge in [-0.2, -0.15) is 0 Å². The Bertz CT molecular complexity index is 639. The first-order valence-corrected chi connectivity index (χ1v) is 7.95. The minimum atomic E-state index is -0.770. The summed E-state index contributed by atoms with van der Waals surface area (Å²) in [5.74, 6) is -1.20. The normalized spacial score (nSPS) is 16.9. The molecule has 1 heterocycles. The van der Waals surface area contributed by atoms with Gasteiger partial charge in [0.25, 0.3) is 0 Å². The second-order valence-electron chi connectivity index (χ2n) is 4.74. The molecule has 0 radical (unpaired) electrons. The lowest BCUT2D eigenvalue weighted by atomic mass is 10.1. The van der Waals surface area contributed by atoms with Gasteiger partial charge >= 0.3 is 5.97 Å². The number of thiazole rings is 1. The van der Waals surface area contributed by atoms with Crippen LogP contribution in [0.1, 0.15) is 28.5 Å². The van der Waals surface area contributed by atoms with Crippen molar-refractivity contribution in [2.45, 2.75) is 25.3 Å². The molecule has 20 heavy (non-hydrogen) atoms. The number of halogens is 1. The van der Waals surface area contributed by atoms with Gasteiger partial charge in [0.05, 0.1) is 5.69 Å². The summed E-state index contributed by atoms with van der Waals surface area (Å²) < 4.78 is 1.05. The van der Waals surface area contributed by atoms with Crippen LogP contribution in [0.2, 0.25) is 0 Å². The van der Waals surface area contributed by atoms with E-state index in [2.05, 4.69) is 26.2 Å². The van der Waals surface area contributed by atoms with E-state index in [0.717, 1.165) is 26.6 Å². The van der Waals surface area contributed by atoms with Gasteiger partial charge in [-0.05, 0) is 30.5 Å². The second kappa shape index (κ2) is 5.54. The van der Waals surface area contributed by atoms with Gasteiger partial charge in [-0.15, -0.1) is 11.3 Å². The van der Waals surface area contributed by atoms with Crippen molar-refractivity contribution in [3.05, 3.63) is 44.9 Å². The molecule has 1 aromatic carbocycles. The van der Waals surface area contributed by atoms with E-state index in [-0.39, 0.29) is 0 Å². The zero-order valence-electron chi connectivity index (χ0n) is 10.6. The van der Waals surface area contributed by atoms with Gasteiger partial charge in [-0.25, -0.2) is 4.98 Å². The number of nitrogens with zero attached hydrogens (tertiary/aromatic N) is 1. The van der Waals surface area contributed by atoms with Crippen molar-refractivity contribution in [2.24, 2.45) is 0 Å². The maximum absolute atomic E-state index is 11.1. The van der Waals surface area contributed by atoms with E-state index in [9.17, 15) is 4.79 Å². The predicted octanol–water partition coefficient (Wildman–Crippen LogP) is 3.63. The summed E-state index contributed by atoms with van der Waals surface area (Å²) in [6, 6.07) is 8.08. The van der Waals surface area contributed by atoms with Crippen LogP contribution in [0.15, 0.2) is 28.7 Å². The average molecular weight is 353 g/mol. The molecule has 0 bridgehead atoms. The lowest BCUT2D eigenvalue weighted by Gasteiger charge is -2.04. The lowest BCUT2D eigenvalue weighted by Crippen LogP contribution is -2.09. The number of hydrogen-bond acceptors (Lipinski definition) is 4. The van der Waals surface area contributed by atoms with Gasteiger partial charge in [0.2, 0.25) is 0 Å². The summed E-state index contributed by atoms with van der Waals surface area (Å²) in [5, 5.41) is 13.2. The minimum Gasteiger partial charge on any atom is -0.481 e. The number of aryl methyl sites for hydroxylation is 1. The Hall–Kier alpha value is -1.40. The van der Waals surface area contributed by atoms with E-state index in [0.29, 0.717) is 13.0 Å². The number of aromatic nitrogens is 1. The number of benzene rings is 1. The van der Waals surface area contributed by atoms with Crippen molar-refractivity contribution >= 4 is 38.4 Å². The van der Waals surface area contributed by atoms with E-state index in [1.165, 1.54) is 5.56 Å². The summed E-state index contributed by atoms with van der Waals surface area (Å²) in [6.45, 7) is 0.692. The molecular formula is C14H13BrN2O2S. The van der Waals surface area contributed by atoms with E-state index in [4.69, 9.17) is 5.11 Å². The smallest absolute Gasteiger partial charge is 0.312 e. The molecule has 0 aliphatic heterocycles. The van der Waals surface area contributed by atoms with Gasteiger partial charge in [0.1, 0.15) is 5.92 Å². The first-order chi connectivity index (χ1) is 9.63. The van der Waals surface area contributed by atoms with Crippen LogP contribution in [0, 0.1) is 0 Å². The molecule has 6 heteroatoms. The number of aliphatic carboxylic acids is 1. The highest BCUT2D eigenvalue weighted by Crippen LogP contribution is 2.38. The molecule has 1 aliphatic carbocycles. The third kappa shape index (κ3) is 2.71. The van der Waals surface area contributed by atoms with E-state index in [1.807, 2.05) is 24.3 Å². The highest BCUT2D eigenvalue weighted by molar-refractivity contribution is 9.10. The standard InChI is InChI=1S/C14H13BrN2O2S/c15-9-3-1-8(2-4-9)7-16-14-17-12-10(13(18)19)5-6-11(12)20-14/h1-4,10H,5-7H2,(H,16,17)(H,18,19). The maximum atomic E-state index is 11.1.